The van der Waals surface area contributed by atoms with Gasteiger partial charge in [0.05, 0.1) is 21.5 Å². The van der Waals surface area contributed by atoms with Crippen molar-refractivity contribution in [2.75, 3.05) is 5.75 Å². The zero-order valence-electron chi connectivity index (χ0n) is 15.4. The summed E-state index contributed by atoms with van der Waals surface area (Å²) in [5.74, 6) is -1.30. The van der Waals surface area contributed by atoms with E-state index in [0.29, 0.717) is 44.2 Å². The zero-order valence-corrected chi connectivity index (χ0v) is 17.0. The molecule has 7 nitrogen and oxygen atoms in total. The molecular formula is C19H14ClF2N5O2S. The van der Waals surface area contributed by atoms with Gasteiger partial charge >= 0.3 is 6.01 Å². The first-order valence-corrected chi connectivity index (χ1v) is 10.1. The Hall–Kier alpha value is -2.82. The summed E-state index contributed by atoms with van der Waals surface area (Å²) >= 11 is 7.70. The Morgan fingerprint density at radius 2 is 2.07 bits per heavy atom. The van der Waals surface area contributed by atoms with E-state index < -0.39 is 17.7 Å². The molecular weight excluding hydrogens is 436 g/mol. The summed E-state index contributed by atoms with van der Waals surface area (Å²) < 4.78 is 32.1. The second kappa shape index (κ2) is 8.50. The first-order valence-electron chi connectivity index (χ1n) is 8.71. The SMILES string of the molecule is CC(O)CSc1cc(-c2n[nH]c3nc(Oc4ccc(F)cc4F)ncc23)c(Cl)cn1. The fourth-order valence-electron chi connectivity index (χ4n) is 2.59. The third-order valence-corrected chi connectivity index (χ3v) is 5.42. The molecule has 0 fully saturated rings. The van der Waals surface area contributed by atoms with E-state index in [1.165, 1.54) is 24.2 Å². The lowest BCUT2D eigenvalue weighted by Gasteiger charge is -2.07. The number of fused-ring (bicyclic) bond motifs is 1. The van der Waals surface area contributed by atoms with E-state index in [2.05, 4.69) is 25.1 Å². The van der Waals surface area contributed by atoms with Crippen LogP contribution in [0.3, 0.4) is 0 Å². The van der Waals surface area contributed by atoms with Crippen LogP contribution in [0.15, 0.2) is 41.7 Å². The number of halogens is 3. The lowest BCUT2D eigenvalue weighted by atomic mass is 10.1. The predicted molar refractivity (Wildman–Crippen MR) is 109 cm³/mol. The van der Waals surface area contributed by atoms with Gasteiger partial charge in [-0.05, 0) is 25.1 Å². The fraction of sp³-hybridized carbons (Fsp3) is 0.158. The molecule has 1 unspecified atom stereocenters. The number of benzene rings is 1. The first-order chi connectivity index (χ1) is 14.4. The molecule has 154 valence electrons. The third-order valence-electron chi connectivity index (χ3n) is 3.95. The van der Waals surface area contributed by atoms with Crippen molar-refractivity contribution in [2.45, 2.75) is 18.1 Å². The van der Waals surface area contributed by atoms with Gasteiger partial charge in [-0.25, -0.2) is 18.7 Å². The highest BCUT2D eigenvalue weighted by atomic mass is 35.5. The summed E-state index contributed by atoms with van der Waals surface area (Å²) in [6.07, 6.45) is 2.51. The van der Waals surface area contributed by atoms with Gasteiger partial charge in [-0.1, -0.05) is 11.6 Å². The number of pyridine rings is 1. The number of nitrogens with one attached hydrogen (secondary N) is 1. The highest BCUT2D eigenvalue weighted by Gasteiger charge is 2.16. The van der Waals surface area contributed by atoms with Gasteiger partial charge in [0.25, 0.3) is 0 Å². The first kappa shape index (κ1) is 20.5. The Morgan fingerprint density at radius 1 is 1.23 bits per heavy atom. The molecule has 0 spiro atoms. The van der Waals surface area contributed by atoms with Crippen LogP contribution in [-0.4, -0.2) is 42.1 Å². The van der Waals surface area contributed by atoms with Crippen molar-refractivity contribution in [1.29, 1.82) is 0 Å². The number of hydrogen-bond acceptors (Lipinski definition) is 7. The molecule has 4 rings (SSSR count). The van der Waals surface area contributed by atoms with Gasteiger partial charge in [0.15, 0.2) is 17.2 Å². The van der Waals surface area contributed by atoms with E-state index in [0.717, 1.165) is 12.1 Å². The maximum absolute atomic E-state index is 13.8. The van der Waals surface area contributed by atoms with Crippen LogP contribution in [0.5, 0.6) is 11.8 Å². The summed E-state index contributed by atoms with van der Waals surface area (Å²) in [4.78, 5) is 12.5. The highest BCUT2D eigenvalue weighted by molar-refractivity contribution is 7.99. The van der Waals surface area contributed by atoms with Crippen LogP contribution in [0.2, 0.25) is 5.02 Å². The molecule has 0 amide bonds. The zero-order chi connectivity index (χ0) is 21.3. The molecule has 1 atom stereocenters. The molecule has 0 aliphatic rings. The van der Waals surface area contributed by atoms with Crippen molar-refractivity contribution >= 4 is 34.4 Å². The molecule has 0 aliphatic carbocycles. The largest absolute Gasteiger partial charge is 0.421 e. The maximum Gasteiger partial charge on any atom is 0.324 e. The Balaban J connectivity index is 1.65. The number of hydrogen-bond donors (Lipinski definition) is 2. The van der Waals surface area contributed by atoms with Crippen LogP contribution >= 0.6 is 23.4 Å². The van der Waals surface area contributed by atoms with Crippen molar-refractivity contribution in [1.82, 2.24) is 25.1 Å². The van der Waals surface area contributed by atoms with E-state index >= 15 is 0 Å². The number of rotatable bonds is 6. The fourth-order valence-corrected chi connectivity index (χ4v) is 3.52. The molecule has 0 radical (unpaired) electrons. The number of aliphatic hydroxyl groups excluding tert-OH is 1. The second-order valence-corrected chi connectivity index (χ2v) is 7.77. The standard InChI is InChI=1S/C19H14ClF2N5O2S/c1-9(28)8-30-16-5-11(13(20)7-23-16)17-12-6-24-19(25-18(12)27-26-17)29-15-3-2-10(21)4-14(15)22/h2-7,9,28H,8H2,1H3,(H,24,25,26,27). The van der Waals surface area contributed by atoms with Gasteiger partial charge in [0.1, 0.15) is 11.5 Å². The Bertz CT molecular complexity index is 1220. The van der Waals surface area contributed by atoms with Crippen LogP contribution < -0.4 is 4.74 Å². The molecule has 11 heteroatoms. The predicted octanol–water partition coefficient (Wildman–Crippen LogP) is 4.61. The van der Waals surface area contributed by atoms with Crippen molar-refractivity contribution in [3.8, 4) is 23.0 Å². The molecule has 0 saturated heterocycles. The molecule has 1 aromatic carbocycles. The minimum absolute atomic E-state index is 0.128. The second-order valence-electron chi connectivity index (χ2n) is 6.33. The van der Waals surface area contributed by atoms with Crippen molar-refractivity contribution in [3.05, 3.63) is 53.3 Å². The lowest BCUT2D eigenvalue weighted by Crippen LogP contribution is -2.02. The average molecular weight is 450 g/mol. The van der Waals surface area contributed by atoms with Crippen molar-refractivity contribution in [2.24, 2.45) is 0 Å². The number of aromatic amines is 1. The minimum atomic E-state index is -0.866. The van der Waals surface area contributed by atoms with Crippen LogP contribution in [0, 0.1) is 11.6 Å². The van der Waals surface area contributed by atoms with Crippen LogP contribution in [-0.2, 0) is 0 Å². The maximum atomic E-state index is 13.8. The Morgan fingerprint density at radius 3 is 2.83 bits per heavy atom. The normalized spacial score (nSPS) is 12.3. The topological polar surface area (TPSA) is 96.8 Å². The van der Waals surface area contributed by atoms with Gasteiger partial charge in [-0.15, -0.1) is 11.8 Å². The van der Waals surface area contributed by atoms with Crippen LogP contribution in [0.1, 0.15) is 6.92 Å². The van der Waals surface area contributed by atoms with Gasteiger partial charge in [0, 0.05) is 29.8 Å². The van der Waals surface area contributed by atoms with Crippen LogP contribution in [0.25, 0.3) is 22.3 Å². The monoisotopic (exact) mass is 449 g/mol. The third kappa shape index (κ3) is 4.35. The van der Waals surface area contributed by atoms with Gasteiger partial charge < -0.3 is 9.84 Å². The number of ether oxygens (including phenoxy) is 1. The molecule has 4 aromatic rings. The molecule has 3 aromatic heterocycles. The van der Waals surface area contributed by atoms with E-state index in [9.17, 15) is 13.9 Å². The molecule has 30 heavy (non-hydrogen) atoms. The number of aliphatic hydroxyl groups is 1. The summed E-state index contributed by atoms with van der Waals surface area (Å²) in [7, 11) is 0. The van der Waals surface area contributed by atoms with E-state index in [1.807, 2.05) is 0 Å². The quantitative estimate of drug-likeness (QED) is 0.415. The van der Waals surface area contributed by atoms with Gasteiger partial charge in [-0.2, -0.15) is 10.1 Å². The van der Waals surface area contributed by atoms with Crippen molar-refractivity contribution < 1.29 is 18.6 Å². The van der Waals surface area contributed by atoms with E-state index in [-0.39, 0.29) is 11.8 Å². The Kier molecular flexibility index (Phi) is 5.80. The van der Waals surface area contributed by atoms with E-state index in [1.54, 1.807) is 13.0 Å². The summed E-state index contributed by atoms with van der Waals surface area (Å²) in [6, 6.07) is 4.57. The summed E-state index contributed by atoms with van der Waals surface area (Å²) in [5.41, 5.74) is 1.48. The average Bonchev–Trinajstić information content (AvgIpc) is 3.12. The number of aromatic nitrogens is 5. The highest BCUT2D eigenvalue weighted by Crippen LogP contribution is 2.34. The number of H-pyrrole nitrogens is 1. The van der Waals surface area contributed by atoms with Gasteiger partial charge in [-0.3, -0.25) is 5.10 Å². The van der Waals surface area contributed by atoms with Crippen LogP contribution in [0.4, 0.5) is 8.78 Å². The Labute approximate surface area is 178 Å². The molecule has 3 heterocycles. The van der Waals surface area contributed by atoms with E-state index in [4.69, 9.17) is 16.3 Å². The molecule has 0 saturated carbocycles. The molecule has 2 N–H and O–H groups in total. The van der Waals surface area contributed by atoms with Crippen molar-refractivity contribution in [3.63, 3.8) is 0 Å². The van der Waals surface area contributed by atoms with Gasteiger partial charge in [0.2, 0.25) is 0 Å². The summed E-state index contributed by atoms with van der Waals surface area (Å²) in [6.45, 7) is 1.69. The lowest BCUT2D eigenvalue weighted by molar-refractivity contribution is 0.220. The number of nitrogens with zero attached hydrogens (tertiary/aromatic N) is 4. The molecule has 0 bridgehead atoms. The summed E-state index contributed by atoms with van der Waals surface area (Å²) in [5, 5.41) is 18.1. The molecule has 0 aliphatic heterocycles. The minimum Gasteiger partial charge on any atom is -0.421 e. The smallest absolute Gasteiger partial charge is 0.324 e. The number of thioether (sulfide) groups is 1.